The lowest BCUT2D eigenvalue weighted by Crippen LogP contribution is -2.20. The number of hydrogen-bond donors (Lipinski definition) is 1. The summed E-state index contributed by atoms with van der Waals surface area (Å²) in [4.78, 5) is 0. The van der Waals surface area contributed by atoms with Crippen LogP contribution in [0.1, 0.15) is 37.4 Å². The molecule has 0 aromatic heterocycles. The molecule has 2 heteroatoms. The number of aryl methyl sites for hydroxylation is 1. The highest BCUT2D eigenvalue weighted by molar-refractivity contribution is 5.38. The Labute approximate surface area is 105 Å². The number of ether oxygens (including phenoxy) is 1. The van der Waals surface area contributed by atoms with Gasteiger partial charge in [0, 0.05) is 11.6 Å². The lowest BCUT2D eigenvalue weighted by atomic mass is 10.0. The molecule has 0 amide bonds. The van der Waals surface area contributed by atoms with Gasteiger partial charge in [0.15, 0.2) is 0 Å². The van der Waals surface area contributed by atoms with Gasteiger partial charge in [0.1, 0.15) is 5.75 Å². The molecule has 0 aliphatic rings. The van der Waals surface area contributed by atoms with Gasteiger partial charge in [-0.15, -0.1) is 0 Å². The lowest BCUT2D eigenvalue weighted by Gasteiger charge is -2.17. The fourth-order valence-corrected chi connectivity index (χ4v) is 1.85. The molecule has 1 unspecified atom stereocenters. The van der Waals surface area contributed by atoms with Crippen molar-refractivity contribution in [2.75, 3.05) is 13.7 Å². The largest absolute Gasteiger partial charge is 0.496 e. The highest BCUT2D eigenvalue weighted by Gasteiger charge is 2.10. The smallest absolute Gasteiger partial charge is 0.123 e. The average Bonchev–Trinajstić information content (AvgIpc) is 2.34. The summed E-state index contributed by atoms with van der Waals surface area (Å²) in [5.41, 5.74) is 2.50. The van der Waals surface area contributed by atoms with E-state index in [0.29, 0.717) is 6.04 Å². The van der Waals surface area contributed by atoms with Crippen LogP contribution in [0.5, 0.6) is 5.75 Å². The zero-order valence-corrected chi connectivity index (χ0v) is 11.3. The maximum atomic E-state index is 5.39. The van der Waals surface area contributed by atoms with E-state index in [-0.39, 0.29) is 0 Å². The Kier molecular flexibility index (Phi) is 5.78. The Balaban J connectivity index is 2.66. The van der Waals surface area contributed by atoms with E-state index >= 15 is 0 Å². The van der Waals surface area contributed by atoms with Gasteiger partial charge in [-0.25, -0.2) is 0 Å². The second-order valence-corrected chi connectivity index (χ2v) is 4.28. The summed E-state index contributed by atoms with van der Waals surface area (Å²) >= 11 is 0. The van der Waals surface area contributed by atoms with Crippen molar-refractivity contribution in [1.82, 2.24) is 5.32 Å². The van der Waals surface area contributed by atoms with Gasteiger partial charge in [0.05, 0.1) is 7.11 Å². The Morgan fingerprint density at radius 1 is 1.41 bits per heavy atom. The molecule has 0 aliphatic heterocycles. The summed E-state index contributed by atoms with van der Waals surface area (Å²) in [6, 6.07) is 6.62. The standard InChI is InChI=1S/C15H23NO/c1-5-6-7-10-16-13(3)14-11-12(2)8-9-15(14)17-4/h5-6,8-9,11,13,16H,7,10H2,1-4H3/b6-5+. The Morgan fingerprint density at radius 2 is 2.18 bits per heavy atom. The van der Waals surface area contributed by atoms with Crippen molar-refractivity contribution in [3.8, 4) is 5.75 Å². The summed E-state index contributed by atoms with van der Waals surface area (Å²) in [7, 11) is 1.72. The van der Waals surface area contributed by atoms with Crippen LogP contribution in [-0.4, -0.2) is 13.7 Å². The van der Waals surface area contributed by atoms with Crippen LogP contribution in [0.25, 0.3) is 0 Å². The lowest BCUT2D eigenvalue weighted by molar-refractivity contribution is 0.402. The molecule has 1 atom stereocenters. The van der Waals surface area contributed by atoms with Gasteiger partial charge < -0.3 is 10.1 Å². The first-order valence-electron chi connectivity index (χ1n) is 6.18. The minimum atomic E-state index is 0.315. The van der Waals surface area contributed by atoms with Gasteiger partial charge in [0.2, 0.25) is 0 Å². The van der Waals surface area contributed by atoms with Crippen LogP contribution >= 0.6 is 0 Å². The van der Waals surface area contributed by atoms with Crippen molar-refractivity contribution >= 4 is 0 Å². The monoisotopic (exact) mass is 233 g/mol. The highest BCUT2D eigenvalue weighted by atomic mass is 16.5. The molecule has 17 heavy (non-hydrogen) atoms. The predicted molar refractivity (Wildman–Crippen MR) is 73.6 cm³/mol. The van der Waals surface area contributed by atoms with Gasteiger partial charge in [-0.2, -0.15) is 0 Å². The number of rotatable bonds is 6. The van der Waals surface area contributed by atoms with Gasteiger partial charge in [-0.1, -0.05) is 29.8 Å². The van der Waals surface area contributed by atoms with E-state index in [1.54, 1.807) is 7.11 Å². The Hall–Kier alpha value is -1.28. The van der Waals surface area contributed by atoms with Crippen LogP contribution in [0.3, 0.4) is 0 Å². The van der Waals surface area contributed by atoms with Gasteiger partial charge in [-0.3, -0.25) is 0 Å². The van der Waals surface area contributed by atoms with Crippen molar-refractivity contribution in [2.24, 2.45) is 0 Å². The maximum Gasteiger partial charge on any atom is 0.123 e. The third kappa shape index (κ3) is 4.23. The summed E-state index contributed by atoms with van der Waals surface area (Å²) in [5.74, 6) is 0.960. The van der Waals surface area contributed by atoms with Crippen LogP contribution in [0.2, 0.25) is 0 Å². The van der Waals surface area contributed by atoms with Crippen molar-refractivity contribution in [3.05, 3.63) is 41.5 Å². The Morgan fingerprint density at radius 3 is 2.82 bits per heavy atom. The van der Waals surface area contributed by atoms with Crippen molar-refractivity contribution in [3.63, 3.8) is 0 Å². The fourth-order valence-electron chi connectivity index (χ4n) is 1.85. The minimum absolute atomic E-state index is 0.315. The number of nitrogens with one attached hydrogen (secondary N) is 1. The normalized spacial score (nSPS) is 12.9. The van der Waals surface area contributed by atoms with Crippen molar-refractivity contribution in [1.29, 1.82) is 0 Å². The molecule has 1 rings (SSSR count). The maximum absolute atomic E-state index is 5.39. The summed E-state index contributed by atoms with van der Waals surface area (Å²) < 4.78 is 5.39. The van der Waals surface area contributed by atoms with E-state index in [0.717, 1.165) is 18.7 Å². The van der Waals surface area contributed by atoms with Gasteiger partial charge in [-0.05, 0) is 39.8 Å². The Bertz CT molecular complexity index is 371. The van der Waals surface area contributed by atoms with E-state index in [1.165, 1.54) is 11.1 Å². The van der Waals surface area contributed by atoms with E-state index in [1.807, 2.05) is 13.0 Å². The molecule has 0 heterocycles. The van der Waals surface area contributed by atoms with Crippen LogP contribution in [0, 0.1) is 6.92 Å². The molecule has 0 radical (unpaired) electrons. The molecule has 1 N–H and O–H groups in total. The molecule has 0 saturated heterocycles. The quantitative estimate of drug-likeness (QED) is 0.598. The number of hydrogen-bond acceptors (Lipinski definition) is 2. The van der Waals surface area contributed by atoms with E-state index in [4.69, 9.17) is 4.74 Å². The SMILES string of the molecule is C/C=C/CCNC(C)c1cc(C)ccc1OC. The first kappa shape index (κ1) is 13.8. The van der Waals surface area contributed by atoms with Gasteiger partial charge >= 0.3 is 0 Å². The van der Waals surface area contributed by atoms with E-state index < -0.39 is 0 Å². The topological polar surface area (TPSA) is 21.3 Å². The number of benzene rings is 1. The summed E-state index contributed by atoms with van der Waals surface area (Å²) in [6.45, 7) is 7.32. The number of allylic oxidation sites excluding steroid dienone is 1. The summed E-state index contributed by atoms with van der Waals surface area (Å²) in [5, 5.41) is 3.50. The zero-order chi connectivity index (χ0) is 12.7. The zero-order valence-electron chi connectivity index (χ0n) is 11.3. The first-order chi connectivity index (χ1) is 8.19. The molecule has 0 fully saturated rings. The number of methoxy groups -OCH3 is 1. The summed E-state index contributed by atoms with van der Waals surface area (Å²) in [6.07, 6.45) is 5.32. The van der Waals surface area contributed by atoms with E-state index in [2.05, 4.69) is 43.4 Å². The van der Waals surface area contributed by atoms with Crippen molar-refractivity contribution in [2.45, 2.75) is 33.2 Å². The molecule has 1 aromatic carbocycles. The van der Waals surface area contributed by atoms with E-state index in [9.17, 15) is 0 Å². The molecule has 94 valence electrons. The predicted octanol–water partition coefficient (Wildman–Crippen LogP) is 3.62. The molecule has 0 aliphatic carbocycles. The fraction of sp³-hybridized carbons (Fsp3) is 0.467. The first-order valence-corrected chi connectivity index (χ1v) is 6.18. The van der Waals surface area contributed by atoms with Crippen LogP contribution < -0.4 is 10.1 Å². The highest BCUT2D eigenvalue weighted by Crippen LogP contribution is 2.25. The second kappa shape index (κ2) is 7.13. The van der Waals surface area contributed by atoms with Gasteiger partial charge in [0.25, 0.3) is 0 Å². The molecule has 2 nitrogen and oxygen atoms in total. The molecule has 0 bridgehead atoms. The van der Waals surface area contributed by atoms with Crippen LogP contribution in [0.4, 0.5) is 0 Å². The molecule has 1 aromatic rings. The average molecular weight is 233 g/mol. The molecule has 0 spiro atoms. The molecular formula is C15H23NO. The third-order valence-corrected chi connectivity index (χ3v) is 2.85. The molecular weight excluding hydrogens is 210 g/mol. The third-order valence-electron chi connectivity index (χ3n) is 2.85. The van der Waals surface area contributed by atoms with Crippen molar-refractivity contribution < 1.29 is 4.74 Å². The molecule has 0 saturated carbocycles. The van der Waals surface area contributed by atoms with Crippen LogP contribution in [-0.2, 0) is 0 Å². The minimum Gasteiger partial charge on any atom is -0.496 e. The van der Waals surface area contributed by atoms with Crippen LogP contribution in [0.15, 0.2) is 30.4 Å². The second-order valence-electron chi connectivity index (χ2n) is 4.28.